The van der Waals surface area contributed by atoms with E-state index in [9.17, 15) is 18.0 Å². The lowest BCUT2D eigenvalue weighted by molar-refractivity contribution is -0.130. The molecule has 164 valence electrons. The van der Waals surface area contributed by atoms with Crippen LogP contribution in [0.25, 0.3) is 0 Å². The van der Waals surface area contributed by atoms with Crippen molar-refractivity contribution in [1.29, 1.82) is 0 Å². The van der Waals surface area contributed by atoms with E-state index in [2.05, 4.69) is 5.10 Å². The van der Waals surface area contributed by atoms with Gasteiger partial charge in [-0.05, 0) is 42.3 Å². The van der Waals surface area contributed by atoms with Crippen LogP contribution in [0.15, 0.2) is 53.6 Å². The molecule has 0 fully saturated rings. The van der Waals surface area contributed by atoms with Crippen LogP contribution >= 0.6 is 0 Å². The molecule has 0 N–H and O–H groups in total. The zero-order valence-corrected chi connectivity index (χ0v) is 18.7. The fourth-order valence-corrected chi connectivity index (χ4v) is 4.61. The van der Waals surface area contributed by atoms with E-state index in [4.69, 9.17) is 4.74 Å². The fourth-order valence-electron chi connectivity index (χ4n) is 3.52. The normalized spacial score (nSPS) is 16.1. The molecule has 0 saturated heterocycles. The number of benzene rings is 2. The van der Waals surface area contributed by atoms with E-state index in [-0.39, 0.29) is 23.4 Å². The highest BCUT2D eigenvalue weighted by Gasteiger charge is 2.32. The van der Waals surface area contributed by atoms with E-state index < -0.39 is 15.9 Å². The van der Waals surface area contributed by atoms with Gasteiger partial charge in [0.15, 0.2) is 0 Å². The van der Waals surface area contributed by atoms with Crippen molar-refractivity contribution in [1.82, 2.24) is 5.01 Å². The number of carbonyl (C=O) groups excluding carboxylic acids is 2. The molecule has 2 aromatic carbocycles. The minimum atomic E-state index is -3.72. The minimum absolute atomic E-state index is 0.177. The Hall–Kier alpha value is -3.20. The van der Waals surface area contributed by atoms with Gasteiger partial charge in [0, 0.05) is 20.3 Å². The molecule has 0 saturated carbocycles. The van der Waals surface area contributed by atoms with Crippen molar-refractivity contribution in [2.75, 3.05) is 17.2 Å². The fraction of sp³-hybridized carbons (Fsp3) is 0.318. The van der Waals surface area contributed by atoms with E-state index in [1.807, 2.05) is 24.3 Å². The number of nitrogens with zero attached hydrogens (tertiary/aromatic N) is 3. The summed E-state index contributed by atoms with van der Waals surface area (Å²) in [5.74, 6) is -0.206. The monoisotopic (exact) mass is 443 g/mol. The van der Waals surface area contributed by atoms with Crippen molar-refractivity contribution in [3.8, 4) is 5.75 Å². The van der Waals surface area contributed by atoms with Gasteiger partial charge in [0.05, 0.1) is 30.3 Å². The Kier molecular flexibility index (Phi) is 6.45. The number of carbonyl (C=O) groups is 2. The first kappa shape index (κ1) is 22.5. The summed E-state index contributed by atoms with van der Waals surface area (Å²) in [4.78, 5) is 24.1. The van der Waals surface area contributed by atoms with Crippen molar-refractivity contribution in [3.63, 3.8) is 0 Å². The van der Waals surface area contributed by atoms with E-state index in [1.54, 1.807) is 31.4 Å². The van der Waals surface area contributed by atoms with Crippen LogP contribution in [0.5, 0.6) is 5.75 Å². The summed E-state index contributed by atoms with van der Waals surface area (Å²) in [7, 11) is -2.13. The highest BCUT2D eigenvalue weighted by molar-refractivity contribution is 7.93. The molecule has 1 atom stereocenters. The third kappa shape index (κ3) is 4.61. The molecule has 3 rings (SSSR count). The third-order valence-corrected chi connectivity index (χ3v) is 6.85. The standard InChI is InChI=1S/C22H25N3O5S/c1-5-31(28,29)25(16(3)27)19-10-6-17(7-11-19)21-14-22(24(23-21)15(2)26)18-8-12-20(30-4)13-9-18/h6-13,22H,5,14H2,1-4H3/t22-/m0/s1. The number of sulfonamides is 1. The van der Waals surface area contributed by atoms with Crippen LogP contribution in [0.1, 0.15) is 44.4 Å². The molecular weight excluding hydrogens is 418 g/mol. The van der Waals surface area contributed by atoms with Crippen molar-refractivity contribution in [2.24, 2.45) is 5.10 Å². The molecule has 0 radical (unpaired) electrons. The molecule has 9 heteroatoms. The van der Waals surface area contributed by atoms with E-state index in [0.29, 0.717) is 12.1 Å². The predicted octanol–water partition coefficient (Wildman–Crippen LogP) is 3.10. The summed E-state index contributed by atoms with van der Waals surface area (Å²) in [6.07, 6.45) is 0.509. The lowest BCUT2D eigenvalue weighted by atomic mass is 9.98. The van der Waals surface area contributed by atoms with Crippen LogP contribution in [0.4, 0.5) is 5.69 Å². The Labute approximate surface area is 182 Å². The molecular formula is C22H25N3O5S. The van der Waals surface area contributed by atoms with Crippen molar-refractivity contribution in [3.05, 3.63) is 59.7 Å². The third-order valence-electron chi connectivity index (χ3n) is 5.10. The topological polar surface area (TPSA) is 96.4 Å². The Bertz CT molecular complexity index is 1110. The molecule has 1 aliphatic heterocycles. The number of hydrogen-bond acceptors (Lipinski definition) is 6. The number of anilines is 1. The molecule has 31 heavy (non-hydrogen) atoms. The van der Waals surface area contributed by atoms with E-state index in [0.717, 1.165) is 21.2 Å². The number of amides is 2. The quantitative estimate of drug-likeness (QED) is 0.684. The molecule has 8 nitrogen and oxygen atoms in total. The van der Waals surface area contributed by atoms with Gasteiger partial charge in [0.1, 0.15) is 5.75 Å². The smallest absolute Gasteiger partial charge is 0.241 e. The average molecular weight is 444 g/mol. The molecule has 0 bridgehead atoms. The summed E-state index contributed by atoms with van der Waals surface area (Å²) < 4.78 is 30.5. The van der Waals surface area contributed by atoms with Crippen molar-refractivity contribution in [2.45, 2.75) is 33.2 Å². The van der Waals surface area contributed by atoms with Crippen LogP contribution in [0, 0.1) is 0 Å². The molecule has 2 aromatic rings. The van der Waals surface area contributed by atoms with Gasteiger partial charge < -0.3 is 4.74 Å². The Balaban J connectivity index is 1.89. The maximum Gasteiger partial charge on any atom is 0.241 e. The van der Waals surface area contributed by atoms with Crippen LogP contribution in [-0.4, -0.2) is 43.8 Å². The number of ether oxygens (including phenoxy) is 1. The highest BCUT2D eigenvalue weighted by Crippen LogP contribution is 2.34. The summed E-state index contributed by atoms with van der Waals surface area (Å²) in [5, 5.41) is 5.96. The van der Waals surface area contributed by atoms with Crippen LogP contribution in [0.2, 0.25) is 0 Å². The van der Waals surface area contributed by atoms with Crippen LogP contribution < -0.4 is 9.04 Å². The highest BCUT2D eigenvalue weighted by atomic mass is 32.2. The van der Waals surface area contributed by atoms with Gasteiger partial charge in [-0.3, -0.25) is 9.59 Å². The Morgan fingerprint density at radius 3 is 2.19 bits per heavy atom. The van der Waals surface area contributed by atoms with Gasteiger partial charge in [0.2, 0.25) is 21.8 Å². The average Bonchev–Trinajstić information content (AvgIpc) is 3.20. The predicted molar refractivity (Wildman–Crippen MR) is 118 cm³/mol. The Morgan fingerprint density at radius 1 is 1.10 bits per heavy atom. The second kappa shape index (κ2) is 8.89. The summed E-state index contributed by atoms with van der Waals surface area (Å²) in [6.45, 7) is 4.17. The molecule has 2 amide bonds. The lowest BCUT2D eigenvalue weighted by Crippen LogP contribution is -2.36. The first-order valence-electron chi connectivity index (χ1n) is 9.83. The Morgan fingerprint density at radius 2 is 1.71 bits per heavy atom. The maximum absolute atomic E-state index is 12.3. The second-order valence-electron chi connectivity index (χ2n) is 7.13. The zero-order chi connectivity index (χ0) is 22.8. The van der Waals surface area contributed by atoms with Crippen molar-refractivity contribution >= 4 is 33.2 Å². The van der Waals surface area contributed by atoms with Crippen molar-refractivity contribution < 1.29 is 22.7 Å². The van der Waals surface area contributed by atoms with Gasteiger partial charge in [0.25, 0.3) is 0 Å². The molecule has 1 heterocycles. The minimum Gasteiger partial charge on any atom is -0.497 e. The summed E-state index contributed by atoms with van der Waals surface area (Å²) in [5.41, 5.74) is 2.66. The summed E-state index contributed by atoms with van der Waals surface area (Å²) in [6, 6.07) is 13.8. The maximum atomic E-state index is 12.3. The van der Waals surface area contributed by atoms with Gasteiger partial charge in [-0.2, -0.15) is 5.10 Å². The first-order valence-corrected chi connectivity index (χ1v) is 11.4. The molecule has 0 aromatic heterocycles. The number of hydrogen-bond donors (Lipinski definition) is 0. The van der Waals surface area contributed by atoms with E-state index in [1.165, 1.54) is 25.8 Å². The lowest BCUT2D eigenvalue weighted by Gasteiger charge is -2.20. The van der Waals surface area contributed by atoms with Gasteiger partial charge >= 0.3 is 0 Å². The molecule has 0 unspecified atom stereocenters. The summed E-state index contributed by atoms with van der Waals surface area (Å²) >= 11 is 0. The van der Waals surface area contributed by atoms with Gasteiger partial charge in [-0.15, -0.1) is 0 Å². The van der Waals surface area contributed by atoms with Crippen LogP contribution in [-0.2, 0) is 19.6 Å². The van der Waals surface area contributed by atoms with Gasteiger partial charge in [-0.1, -0.05) is 24.3 Å². The number of hydrazone groups is 1. The molecule has 0 aliphatic carbocycles. The van der Waals surface area contributed by atoms with E-state index >= 15 is 0 Å². The largest absolute Gasteiger partial charge is 0.497 e. The van der Waals surface area contributed by atoms with Crippen LogP contribution in [0.3, 0.4) is 0 Å². The van der Waals surface area contributed by atoms with Gasteiger partial charge in [-0.25, -0.2) is 17.7 Å². The molecule has 1 aliphatic rings. The zero-order valence-electron chi connectivity index (χ0n) is 17.9. The molecule has 0 spiro atoms. The first-order chi connectivity index (χ1) is 14.7. The second-order valence-corrected chi connectivity index (χ2v) is 9.24. The SMILES string of the molecule is CCS(=O)(=O)N(C(C)=O)c1ccc(C2=NN(C(C)=O)[C@H](c3ccc(OC)cc3)C2)cc1. The number of methoxy groups -OCH3 is 1. The number of rotatable bonds is 6.